The van der Waals surface area contributed by atoms with E-state index >= 15 is 0 Å². The fourth-order valence-electron chi connectivity index (χ4n) is 1.60. The molecule has 118 valence electrons. The van der Waals surface area contributed by atoms with E-state index in [0.717, 1.165) is 15.9 Å². The van der Waals surface area contributed by atoms with Gasteiger partial charge in [0.05, 0.1) is 9.92 Å². The first kappa shape index (κ1) is 17.5. The molecule has 2 aromatic carbocycles. The second kappa shape index (κ2) is 6.34. The van der Waals surface area contributed by atoms with Crippen molar-refractivity contribution in [3.05, 3.63) is 51.1 Å². The molecule has 0 aliphatic heterocycles. The number of benzene rings is 2. The highest BCUT2D eigenvalue weighted by Crippen LogP contribution is 2.28. The van der Waals surface area contributed by atoms with Crippen LogP contribution in [0.4, 0.5) is 0 Å². The van der Waals surface area contributed by atoms with Gasteiger partial charge in [0, 0.05) is 9.83 Å². The fourth-order valence-corrected chi connectivity index (χ4v) is 4.26. The van der Waals surface area contributed by atoms with Crippen molar-refractivity contribution in [3.63, 3.8) is 0 Å². The molecular formula is C13H10ClIO5S2. The molecule has 22 heavy (non-hydrogen) atoms. The summed E-state index contributed by atoms with van der Waals surface area (Å²) in [4.78, 5) is -0.544. The van der Waals surface area contributed by atoms with Gasteiger partial charge in [-0.1, -0.05) is 17.7 Å². The van der Waals surface area contributed by atoms with Gasteiger partial charge < -0.3 is 4.18 Å². The Labute approximate surface area is 147 Å². The highest BCUT2D eigenvalue weighted by atomic mass is 127. The Morgan fingerprint density at radius 1 is 1.05 bits per heavy atom. The lowest BCUT2D eigenvalue weighted by atomic mass is 10.3. The molecule has 2 rings (SSSR count). The van der Waals surface area contributed by atoms with Crippen molar-refractivity contribution in [2.24, 2.45) is 0 Å². The van der Waals surface area contributed by atoms with Gasteiger partial charge in [0.1, 0.15) is 10.6 Å². The molecule has 0 aliphatic rings. The molecule has 0 atom stereocenters. The van der Waals surface area contributed by atoms with Crippen LogP contribution in [0.3, 0.4) is 0 Å². The first-order valence-electron chi connectivity index (χ1n) is 5.79. The number of rotatable bonds is 4. The number of sulfone groups is 1. The summed E-state index contributed by atoms with van der Waals surface area (Å²) in [6.07, 6.45) is 0.979. The molecule has 0 bridgehead atoms. The molecule has 0 radical (unpaired) electrons. The van der Waals surface area contributed by atoms with Crippen molar-refractivity contribution in [3.8, 4) is 5.75 Å². The Bertz CT molecular complexity index is 923. The minimum absolute atomic E-state index is 0.113. The second-order valence-electron chi connectivity index (χ2n) is 4.36. The van der Waals surface area contributed by atoms with E-state index in [2.05, 4.69) is 0 Å². The maximum Gasteiger partial charge on any atom is 0.340 e. The van der Waals surface area contributed by atoms with Crippen molar-refractivity contribution in [1.82, 2.24) is 0 Å². The predicted molar refractivity (Wildman–Crippen MR) is 91.5 cm³/mol. The molecule has 9 heteroatoms. The highest BCUT2D eigenvalue weighted by Gasteiger charge is 2.23. The topological polar surface area (TPSA) is 77.5 Å². The third kappa shape index (κ3) is 4.12. The summed E-state index contributed by atoms with van der Waals surface area (Å²) >= 11 is 7.89. The van der Waals surface area contributed by atoms with Crippen LogP contribution in [0.15, 0.2) is 52.3 Å². The van der Waals surface area contributed by atoms with E-state index in [1.54, 1.807) is 12.1 Å². The van der Waals surface area contributed by atoms with E-state index in [-0.39, 0.29) is 15.7 Å². The molecule has 0 fully saturated rings. The van der Waals surface area contributed by atoms with Gasteiger partial charge in [0.2, 0.25) is 0 Å². The SMILES string of the molecule is CS(=O)(=O)c1ccc(Cl)c(S(=O)(=O)Oc2cccc(I)c2)c1. The van der Waals surface area contributed by atoms with Gasteiger partial charge >= 0.3 is 10.1 Å². The second-order valence-corrected chi connectivity index (χ2v) is 9.54. The Kier molecular flexibility index (Phi) is 5.05. The molecular weight excluding hydrogens is 463 g/mol. The van der Waals surface area contributed by atoms with Crippen LogP contribution in [0.25, 0.3) is 0 Å². The van der Waals surface area contributed by atoms with E-state index < -0.39 is 24.9 Å². The first-order chi connectivity index (χ1) is 10.1. The van der Waals surface area contributed by atoms with Crippen molar-refractivity contribution in [1.29, 1.82) is 0 Å². The van der Waals surface area contributed by atoms with Gasteiger partial charge in [0.15, 0.2) is 9.84 Å². The van der Waals surface area contributed by atoms with Crippen molar-refractivity contribution in [2.75, 3.05) is 6.26 Å². The minimum atomic E-state index is -4.24. The van der Waals surface area contributed by atoms with E-state index in [0.29, 0.717) is 0 Å². The van der Waals surface area contributed by atoms with Gasteiger partial charge in [-0.2, -0.15) is 8.42 Å². The smallest absolute Gasteiger partial charge is 0.340 e. The summed E-state index contributed by atoms with van der Waals surface area (Å²) in [5.74, 6) is 0.118. The van der Waals surface area contributed by atoms with E-state index in [4.69, 9.17) is 15.8 Å². The zero-order valence-electron chi connectivity index (χ0n) is 11.2. The van der Waals surface area contributed by atoms with Crippen LogP contribution < -0.4 is 4.18 Å². The zero-order chi connectivity index (χ0) is 16.5. The normalized spacial score (nSPS) is 12.1. The zero-order valence-corrected chi connectivity index (χ0v) is 15.7. The molecule has 0 amide bonds. The Hall–Kier alpha value is -0.840. The standard InChI is InChI=1S/C13H10ClIO5S2/c1-21(16,17)11-5-6-12(14)13(8-11)22(18,19)20-10-4-2-3-9(15)7-10/h2-8H,1H3. The number of hydrogen-bond donors (Lipinski definition) is 0. The quantitative estimate of drug-likeness (QED) is 0.505. The van der Waals surface area contributed by atoms with E-state index in [1.807, 2.05) is 22.6 Å². The maximum atomic E-state index is 12.3. The summed E-state index contributed by atoms with van der Waals surface area (Å²) in [6.45, 7) is 0. The highest BCUT2D eigenvalue weighted by molar-refractivity contribution is 14.1. The molecule has 2 aromatic rings. The molecule has 0 heterocycles. The van der Waals surface area contributed by atoms with Crippen LogP contribution in [0.5, 0.6) is 5.75 Å². The molecule has 0 aliphatic carbocycles. The molecule has 0 saturated carbocycles. The number of hydrogen-bond acceptors (Lipinski definition) is 5. The Morgan fingerprint density at radius 2 is 1.73 bits per heavy atom. The lowest BCUT2D eigenvalue weighted by molar-refractivity contribution is 0.485. The molecule has 0 saturated heterocycles. The average molecular weight is 473 g/mol. The van der Waals surface area contributed by atoms with Crippen LogP contribution in [0, 0.1) is 3.57 Å². The fraction of sp³-hybridized carbons (Fsp3) is 0.0769. The van der Waals surface area contributed by atoms with Gasteiger partial charge in [-0.3, -0.25) is 0 Å². The Balaban J connectivity index is 2.50. The lowest BCUT2D eigenvalue weighted by Crippen LogP contribution is -2.11. The van der Waals surface area contributed by atoms with Gasteiger partial charge in [0.25, 0.3) is 0 Å². The first-order valence-corrected chi connectivity index (χ1v) is 10.5. The largest absolute Gasteiger partial charge is 0.379 e. The lowest BCUT2D eigenvalue weighted by Gasteiger charge is -2.10. The van der Waals surface area contributed by atoms with Gasteiger partial charge in [-0.15, -0.1) is 0 Å². The van der Waals surface area contributed by atoms with Crippen molar-refractivity contribution < 1.29 is 21.0 Å². The molecule has 0 aromatic heterocycles. The summed E-state index contributed by atoms with van der Waals surface area (Å²) in [5.41, 5.74) is 0. The monoisotopic (exact) mass is 472 g/mol. The minimum Gasteiger partial charge on any atom is -0.379 e. The van der Waals surface area contributed by atoms with Crippen LogP contribution in [0.1, 0.15) is 0 Å². The summed E-state index contributed by atoms with van der Waals surface area (Å²) < 4.78 is 53.5. The molecule has 0 N–H and O–H groups in total. The van der Waals surface area contributed by atoms with Crippen LogP contribution in [0.2, 0.25) is 5.02 Å². The third-order valence-corrected chi connectivity index (χ3v) is 6.11. The third-order valence-electron chi connectivity index (χ3n) is 2.60. The summed E-state index contributed by atoms with van der Waals surface area (Å²) in [6, 6.07) is 9.87. The Morgan fingerprint density at radius 3 is 2.32 bits per heavy atom. The average Bonchev–Trinajstić information content (AvgIpc) is 2.36. The maximum absolute atomic E-state index is 12.3. The van der Waals surface area contributed by atoms with Crippen molar-refractivity contribution in [2.45, 2.75) is 9.79 Å². The van der Waals surface area contributed by atoms with Crippen LogP contribution in [-0.4, -0.2) is 23.1 Å². The van der Waals surface area contributed by atoms with E-state index in [1.165, 1.54) is 24.3 Å². The molecule has 0 unspecified atom stereocenters. The van der Waals surface area contributed by atoms with E-state index in [9.17, 15) is 16.8 Å². The summed E-state index contributed by atoms with van der Waals surface area (Å²) in [7, 11) is -7.81. The van der Waals surface area contributed by atoms with Gasteiger partial charge in [-0.05, 0) is 59.0 Å². The van der Waals surface area contributed by atoms with Crippen molar-refractivity contribution >= 4 is 54.1 Å². The van der Waals surface area contributed by atoms with Crippen LogP contribution in [-0.2, 0) is 20.0 Å². The summed E-state index contributed by atoms with van der Waals surface area (Å²) in [5, 5.41) is -0.113. The molecule has 5 nitrogen and oxygen atoms in total. The predicted octanol–water partition coefficient (Wildman–Crippen LogP) is 3.12. The number of halogens is 2. The molecule has 0 spiro atoms. The van der Waals surface area contributed by atoms with Gasteiger partial charge in [-0.25, -0.2) is 8.42 Å². The van der Waals surface area contributed by atoms with Crippen LogP contribution >= 0.6 is 34.2 Å².